The fraction of sp³-hybridized carbons (Fsp3) is 0.214. The first-order chi connectivity index (χ1) is 10.1. The van der Waals surface area contributed by atoms with Crippen LogP contribution in [-0.2, 0) is 7.05 Å². The third-order valence-corrected chi connectivity index (χ3v) is 3.01. The second-order valence-corrected chi connectivity index (χ2v) is 4.88. The number of aryl methyl sites for hydroxylation is 1. The standard InChI is InChI=1S/C14H17N7/c1-19(2)14-17-13(18-20(14)3)16-11-6-4-7-12(10-11)21-9-5-8-15-21/h4-10H,1-3H3,(H,16,18). The smallest absolute Gasteiger partial charge is 0.248 e. The third-order valence-electron chi connectivity index (χ3n) is 3.01. The van der Waals surface area contributed by atoms with Crippen molar-refractivity contribution < 1.29 is 0 Å². The summed E-state index contributed by atoms with van der Waals surface area (Å²) in [7, 11) is 5.74. The van der Waals surface area contributed by atoms with Crippen molar-refractivity contribution in [3.8, 4) is 5.69 Å². The van der Waals surface area contributed by atoms with Crippen molar-refractivity contribution in [1.29, 1.82) is 0 Å². The summed E-state index contributed by atoms with van der Waals surface area (Å²) in [5.74, 6) is 1.36. The van der Waals surface area contributed by atoms with E-state index in [1.54, 1.807) is 10.9 Å². The minimum atomic E-state index is 0.568. The third kappa shape index (κ3) is 2.71. The zero-order valence-electron chi connectivity index (χ0n) is 12.2. The van der Waals surface area contributed by atoms with Gasteiger partial charge in [-0.25, -0.2) is 9.36 Å². The second-order valence-electron chi connectivity index (χ2n) is 4.88. The number of nitrogens with one attached hydrogen (secondary N) is 1. The molecule has 2 aromatic heterocycles. The molecule has 21 heavy (non-hydrogen) atoms. The van der Waals surface area contributed by atoms with Gasteiger partial charge in [-0.3, -0.25) is 0 Å². The molecular weight excluding hydrogens is 266 g/mol. The lowest BCUT2D eigenvalue weighted by Crippen LogP contribution is -2.14. The quantitative estimate of drug-likeness (QED) is 0.791. The molecule has 0 unspecified atom stereocenters. The summed E-state index contributed by atoms with van der Waals surface area (Å²) in [5, 5.41) is 11.8. The van der Waals surface area contributed by atoms with Gasteiger partial charge in [0.05, 0.1) is 5.69 Å². The Morgan fingerprint density at radius 1 is 1.19 bits per heavy atom. The van der Waals surface area contributed by atoms with Gasteiger partial charge in [0.25, 0.3) is 0 Å². The topological polar surface area (TPSA) is 63.8 Å². The van der Waals surface area contributed by atoms with Crippen LogP contribution in [0.3, 0.4) is 0 Å². The van der Waals surface area contributed by atoms with Crippen LogP contribution >= 0.6 is 0 Å². The summed E-state index contributed by atoms with van der Waals surface area (Å²) < 4.78 is 3.54. The zero-order valence-corrected chi connectivity index (χ0v) is 12.2. The minimum Gasteiger partial charge on any atom is -0.347 e. The molecule has 0 saturated carbocycles. The highest BCUT2D eigenvalue weighted by Crippen LogP contribution is 2.18. The van der Waals surface area contributed by atoms with E-state index in [0.717, 1.165) is 17.3 Å². The highest BCUT2D eigenvalue weighted by atomic mass is 15.4. The van der Waals surface area contributed by atoms with Crippen LogP contribution in [0.5, 0.6) is 0 Å². The summed E-state index contributed by atoms with van der Waals surface area (Å²) >= 11 is 0. The zero-order chi connectivity index (χ0) is 14.8. The van der Waals surface area contributed by atoms with Gasteiger partial charge in [-0.05, 0) is 24.3 Å². The molecule has 0 saturated heterocycles. The van der Waals surface area contributed by atoms with Gasteiger partial charge in [-0.15, -0.1) is 5.10 Å². The number of hydrogen-bond donors (Lipinski definition) is 1. The molecule has 0 aliphatic heterocycles. The van der Waals surface area contributed by atoms with Crippen LogP contribution in [0.1, 0.15) is 0 Å². The molecule has 0 atom stereocenters. The monoisotopic (exact) mass is 283 g/mol. The minimum absolute atomic E-state index is 0.568. The van der Waals surface area contributed by atoms with Gasteiger partial charge >= 0.3 is 0 Å². The molecule has 0 bridgehead atoms. The van der Waals surface area contributed by atoms with Crippen molar-refractivity contribution in [2.24, 2.45) is 7.05 Å². The SMILES string of the molecule is CN(C)c1nc(Nc2cccc(-n3cccn3)c2)nn1C. The fourth-order valence-corrected chi connectivity index (χ4v) is 2.10. The second kappa shape index (κ2) is 5.28. The lowest BCUT2D eigenvalue weighted by atomic mass is 10.3. The lowest BCUT2D eigenvalue weighted by Gasteiger charge is -2.08. The maximum Gasteiger partial charge on any atom is 0.248 e. The Bertz CT molecular complexity index is 728. The normalized spacial score (nSPS) is 10.6. The lowest BCUT2D eigenvalue weighted by molar-refractivity contribution is 0.753. The molecule has 1 aromatic carbocycles. The predicted octanol–water partition coefficient (Wildman–Crippen LogP) is 1.81. The first-order valence-electron chi connectivity index (χ1n) is 6.59. The van der Waals surface area contributed by atoms with Crippen LogP contribution in [0.15, 0.2) is 42.7 Å². The maximum absolute atomic E-state index is 4.44. The molecule has 0 spiro atoms. The van der Waals surface area contributed by atoms with Gasteiger partial charge in [0.2, 0.25) is 11.9 Å². The number of nitrogens with zero attached hydrogens (tertiary/aromatic N) is 6. The number of aromatic nitrogens is 5. The highest BCUT2D eigenvalue weighted by molar-refractivity contribution is 5.58. The average molecular weight is 283 g/mol. The van der Waals surface area contributed by atoms with Crippen molar-refractivity contribution in [1.82, 2.24) is 24.5 Å². The van der Waals surface area contributed by atoms with Gasteiger partial charge < -0.3 is 10.2 Å². The molecule has 3 rings (SSSR count). The first kappa shape index (κ1) is 13.2. The molecule has 0 aliphatic carbocycles. The van der Waals surface area contributed by atoms with E-state index in [9.17, 15) is 0 Å². The fourth-order valence-electron chi connectivity index (χ4n) is 2.10. The molecule has 108 valence electrons. The Balaban J connectivity index is 1.85. The summed E-state index contributed by atoms with van der Waals surface area (Å²) in [6, 6.07) is 9.82. The number of hydrogen-bond acceptors (Lipinski definition) is 5. The molecule has 7 nitrogen and oxygen atoms in total. The van der Waals surface area contributed by atoms with Crippen LogP contribution in [0.4, 0.5) is 17.6 Å². The molecule has 3 aromatic rings. The van der Waals surface area contributed by atoms with E-state index in [1.165, 1.54) is 0 Å². The largest absolute Gasteiger partial charge is 0.347 e. The van der Waals surface area contributed by atoms with Gasteiger partial charge in [0.15, 0.2) is 0 Å². The molecule has 1 N–H and O–H groups in total. The van der Waals surface area contributed by atoms with Crippen molar-refractivity contribution in [3.63, 3.8) is 0 Å². The van der Waals surface area contributed by atoms with E-state index in [0.29, 0.717) is 5.95 Å². The highest BCUT2D eigenvalue weighted by Gasteiger charge is 2.09. The molecule has 0 fully saturated rings. The van der Waals surface area contributed by atoms with Crippen molar-refractivity contribution in [2.75, 3.05) is 24.3 Å². The van der Waals surface area contributed by atoms with Crippen molar-refractivity contribution in [3.05, 3.63) is 42.7 Å². The van der Waals surface area contributed by atoms with Gasteiger partial charge in [0, 0.05) is 39.2 Å². The van der Waals surface area contributed by atoms with E-state index in [-0.39, 0.29) is 0 Å². The van der Waals surface area contributed by atoms with Crippen molar-refractivity contribution in [2.45, 2.75) is 0 Å². The van der Waals surface area contributed by atoms with Gasteiger partial charge in [-0.1, -0.05) is 6.07 Å². The van der Waals surface area contributed by atoms with Gasteiger partial charge in [-0.2, -0.15) is 10.1 Å². The number of benzene rings is 1. The van der Waals surface area contributed by atoms with E-state index in [1.807, 2.05) is 67.3 Å². The summed E-state index contributed by atoms with van der Waals surface area (Å²) in [6.45, 7) is 0. The van der Waals surface area contributed by atoms with Crippen molar-refractivity contribution >= 4 is 17.6 Å². The molecule has 0 radical (unpaired) electrons. The predicted molar refractivity (Wildman–Crippen MR) is 82.2 cm³/mol. The molecule has 7 heteroatoms. The Morgan fingerprint density at radius 2 is 2.05 bits per heavy atom. The molecule has 2 heterocycles. The van der Waals surface area contributed by atoms with E-state index in [2.05, 4.69) is 20.5 Å². The van der Waals surface area contributed by atoms with Crippen LogP contribution in [0, 0.1) is 0 Å². The van der Waals surface area contributed by atoms with Crippen LogP contribution in [0.2, 0.25) is 0 Å². The summed E-state index contributed by atoms with van der Waals surface area (Å²) in [5.41, 5.74) is 1.90. The Hall–Kier alpha value is -2.83. The molecule has 0 amide bonds. The Kier molecular flexibility index (Phi) is 3.31. The summed E-state index contributed by atoms with van der Waals surface area (Å²) in [4.78, 5) is 6.36. The first-order valence-corrected chi connectivity index (χ1v) is 6.59. The Morgan fingerprint density at radius 3 is 2.71 bits per heavy atom. The average Bonchev–Trinajstić information content (AvgIpc) is 3.09. The van der Waals surface area contributed by atoms with E-state index >= 15 is 0 Å². The summed E-state index contributed by atoms with van der Waals surface area (Å²) in [6.07, 6.45) is 3.66. The molecular formula is C14H17N7. The van der Waals surface area contributed by atoms with Gasteiger partial charge in [0.1, 0.15) is 0 Å². The molecule has 0 aliphatic rings. The number of anilines is 3. The Labute approximate surface area is 122 Å². The van der Waals surface area contributed by atoms with Crippen LogP contribution in [0.25, 0.3) is 5.69 Å². The van der Waals surface area contributed by atoms with E-state index in [4.69, 9.17) is 0 Å². The van der Waals surface area contributed by atoms with Crippen LogP contribution in [-0.4, -0.2) is 38.6 Å². The number of rotatable bonds is 4. The van der Waals surface area contributed by atoms with E-state index < -0.39 is 0 Å². The maximum atomic E-state index is 4.44. The van der Waals surface area contributed by atoms with Crippen LogP contribution < -0.4 is 10.2 Å².